The van der Waals surface area contributed by atoms with E-state index in [1.165, 1.54) is 18.6 Å². The van der Waals surface area contributed by atoms with Crippen molar-refractivity contribution >= 4 is 29.3 Å². The van der Waals surface area contributed by atoms with E-state index in [9.17, 15) is 9.59 Å². The van der Waals surface area contributed by atoms with Crippen molar-refractivity contribution in [2.75, 3.05) is 31.0 Å². The molecule has 7 heteroatoms. The molecule has 0 fully saturated rings. The molecular weight excluding hydrogens is 396 g/mol. The van der Waals surface area contributed by atoms with Gasteiger partial charge < -0.3 is 24.1 Å². The summed E-state index contributed by atoms with van der Waals surface area (Å²) in [6, 6.07) is 12.6. The summed E-state index contributed by atoms with van der Waals surface area (Å²) in [5.74, 6) is 0.937. The van der Waals surface area contributed by atoms with Crippen LogP contribution < -0.4 is 19.7 Å². The van der Waals surface area contributed by atoms with Gasteiger partial charge >= 0.3 is 0 Å². The van der Waals surface area contributed by atoms with Crippen LogP contribution >= 0.6 is 0 Å². The molecule has 2 amide bonds. The summed E-state index contributed by atoms with van der Waals surface area (Å²) in [4.78, 5) is 26.7. The van der Waals surface area contributed by atoms with E-state index in [1.807, 2.05) is 24.3 Å². The summed E-state index contributed by atoms with van der Waals surface area (Å²) in [5.41, 5.74) is 3.84. The number of hydrogen-bond acceptors (Lipinski definition) is 5. The number of methoxy groups -OCH3 is 2. The molecule has 0 aliphatic carbocycles. The maximum atomic E-state index is 12.6. The fraction of sp³-hybridized carbons (Fsp3) is 0.167. The lowest BCUT2D eigenvalue weighted by Crippen LogP contribution is -2.28. The van der Waals surface area contributed by atoms with Crippen LogP contribution in [0.4, 0.5) is 11.4 Å². The molecule has 2 aromatic carbocycles. The van der Waals surface area contributed by atoms with E-state index in [2.05, 4.69) is 5.32 Å². The molecule has 3 aromatic rings. The third-order valence-electron chi connectivity index (χ3n) is 5.06. The standard InChI is InChI=1S/C24H22N2O5/c1-29-20-11-16(12-21(14-20)30-2)3-6-23(27)25-19-4-5-22-17(13-19)7-9-26(22)24(28)18-8-10-31-15-18/h3-6,8,10-15H,7,9H2,1-2H3,(H,25,27)/b6-3+. The van der Waals surface area contributed by atoms with Gasteiger partial charge in [-0.2, -0.15) is 0 Å². The number of ether oxygens (including phenoxy) is 2. The molecule has 4 rings (SSSR count). The second kappa shape index (κ2) is 8.79. The highest BCUT2D eigenvalue weighted by Gasteiger charge is 2.26. The fourth-order valence-corrected chi connectivity index (χ4v) is 3.51. The summed E-state index contributed by atoms with van der Waals surface area (Å²) in [7, 11) is 3.15. The van der Waals surface area contributed by atoms with Crippen molar-refractivity contribution < 1.29 is 23.5 Å². The van der Waals surface area contributed by atoms with E-state index in [-0.39, 0.29) is 11.8 Å². The Morgan fingerprint density at radius 3 is 2.52 bits per heavy atom. The third-order valence-corrected chi connectivity index (χ3v) is 5.06. The van der Waals surface area contributed by atoms with E-state index in [0.717, 1.165) is 23.2 Å². The Morgan fingerprint density at radius 1 is 1.06 bits per heavy atom. The lowest BCUT2D eigenvalue weighted by molar-refractivity contribution is -0.111. The topological polar surface area (TPSA) is 81.0 Å². The molecular formula is C24H22N2O5. The number of fused-ring (bicyclic) bond motifs is 1. The number of amides is 2. The zero-order chi connectivity index (χ0) is 21.8. The predicted octanol–water partition coefficient (Wildman–Crippen LogP) is 4.15. The molecule has 1 aliphatic rings. The van der Waals surface area contributed by atoms with E-state index < -0.39 is 0 Å². The van der Waals surface area contributed by atoms with Gasteiger partial charge in [-0.05, 0) is 60.0 Å². The molecule has 158 valence electrons. The van der Waals surface area contributed by atoms with E-state index in [0.29, 0.717) is 29.3 Å². The molecule has 0 atom stereocenters. The van der Waals surface area contributed by atoms with Gasteiger partial charge in [0.2, 0.25) is 5.91 Å². The molecule has 31 heavy (non-hydrogen) atoms. The molecule has 1 aromatic heterocycles. The largest absolute Gasteiger partial charge is 0.497 e. The van der Waals surface area contributed by atoms with Gasteiger partial charge in [0.1, 0.15) is 17.8 Å². The number of furan rings is 1. The summed E-state index contributed by atoms with van der Waals surface area (Å²) >= 11 is 0. The van der Waals surface area contributed by atoms with Gasteiger partial charge in [0.15, 0.2) is 0 Å². The van der Waals surface area contributed by atoms with Crippen LogP contribution in [0.2, 0.25) is 0 Å². The molecule has 7 nitrogen and oxygen atoms in total. The maximum absolute atomic E-state index is 12.6. The van der Waals surface area contributed by atoms with Gasteiger partial charge in [0.25, 0.3) is 5.91 Å². The maximum Gasteiger partial charge on any atom is 0.261 e. The lowest BCUT2D eigenvalue weighted by atomic mass is 10.1. The zero-order valence-corrected chi connectivity index (χ0v) is 17.3. The van der Waals surface area contributed by atoms with Crippen LogP contribution in [0.3, 0.4) is 0 Å². The van der Waals surface area contributed by atoms with Crippen LogP contribution in [-0.2, 0) is 11.2 Å². The number of benzene rings is 2. The molecule has 1 aliphatic heterocycles. The fourth-order valence-electron chi connectivity index (χ4n) is 3.51. The van der Waals surface area contributed by atoms with E-state index in [1.54, 1.807) is 43.4 Å². The number of nitrogens with zero attached hydrogens (tertiary/aromatic N) is 1. The highest BCUT2D eigenvalue weighted by molar-refractivity contribution is 6.07. The van der Waals surface area contributed by atoms with Crippen molar-refractivity contribution in [1.82, 2.24) is 0 Å². The summed E-state index contributed by atoms with van der Waals surface area (Å²) in [6.45, 7) is 0.592. The predicted molar refractivity (Wildman–Crippen MR) is 118 cm³/mol. The van der Waals surface area contributed by atoms with Crippen molar-refractivity contribution in [2.24, 2.45) is 0 Å². The number of hydrogen-bond donors (Lipinski definition) is 1. The quantitative estimate of drug-likeness (QED) is 0.608. The molecule has 2 heterocycles. The van der Waals surface area contributed by atoms with Crippen LogP contribution in [0.5, 0.6) is 11.5 Å². The highest BCUT2D eigenvalue weighted by atomic mass is 16.5. The monoisotopic (exact) mass is 418 g/mol. The Morgan fingerprint density at radius 2 is 1.84 bits per heavy atom. The van der Waals surface area contributed by atoms with Crippen molar-refractivity contribution in [3.63, 3.8) is 0 Å². The smallest absolute Gasteiger partial charge is 0.261 e. The normalized spacial score (nSPS) is 12.6. The Kier molecular flexibility index (Phi) is 5.75. The first kappa shape index (κ1) is 20.3. The Labute approximate surface area is 179 Å². The van der Waals surface area contributed by atoms with Gasteiger partial charge in [-0.25, -0.2) is 0 Å². The molecule has 0 unspecified atom stereocenters. The Balaban J connectivity index is 1.44. The Hall–Kier alpha value is -4.00. The SMILES string of the molecule is COc1cc(/C=C/C(=O)Nc2ccc3c(c2)CCN3C(=O)c2ccoc2)cc(OC)c1. The van der Waals surface area contributed by atoms with Crippen LogP contribution in [0.25, 0.3) is 6.08 Å². The number of nitrogens with one attached hydrogen (secondary N) is 1. The Bertz CT molecular complexity index is 1110. The van der Waals surface area contributed by atoms with Gasteiger partial charge in [-0.3, -0.25) is 9.59 Å². The number of anilines is 2. The minimum absolute atomic E-state index is 0.0964. The zero-order valence-electron chi connectivity index (χ0n) is 17.3. The first-order valence-electron chi connectivity index (χ1n) is 9.76. The average Bonchev–Trinajstić information content (AvgIpc) is 3.47. The summed E-state index contributed by atoms with van der Waals surface area (Å²) in [6.07, 6.45) is 6.80. The number of rotatable bonds is 6. The molecule has 0 saturated carbocycles. The van der Waals surface area contributed by atoms with E-state index >= 15 is 0 Å². The molecule has 0 saturated heterocycles. The number of carbonyl (C=O) groups excluding carboxylic acids is 2. The number of carbonyl (C=O) groups is 2. The molecule has 0 bridgehead atoms. The van der Waals surface area contributed by atoms with Crippen molar-refractivity contribution in [3.05, 3.63) is 77.8 Å². The highest BCUT2D eigenvalue weighted by Crippen LogP contribution is 2.32. The minimum atomic E-state index is -0.258. The van der Waals surface area contributed by atoms with Gasteiger partial charge in [0, 0.05) is 30.1 Å². The summed E-state index contributed by atoms with van der Waals surface area (Å²) < 4.78 is 15.5. The van der Waals surface area contributed by atoms with Crippen molar-refractivity contribution in [3.8, 4) is 11.5 Å². The molecule has 0 radical (unpaired) electrons. The van der Waals surface area contributed by atoms with Crippen LogP contribution in [-0.4, -0.2) is 32.6 Å². The van der Waals surface area contributed by atoms with Crippen LogP contribution in [0, 0.1) is 0 Å². The second-order valence-corrected chi connectivity index (χ2v) is 7.03. The van der Waals surface area contributed by atoms with Gasteiger partial charge in [0.05, 0.1) is 26.0 Å². The second-order valence-electron chi connectivity index (χ2n) is 7.03. The van der Waals surface area contributed by atoms with Crippen molar-refractivity contribution in [2.45, 2.75) is 6.42 Å². The third kappa shape index (κ3) is 4.45. The van der Waals surface area contributed by atoms with Crippen LogP contribution in [0.1, 0.15) is 21.5 Å². The first-order valence-corrected chi connectivity index (χ1v) is 9.76. The van der Waals surface area contributed by atoms with Crippen LogP contribution in [0.15, 0.2) is 65.5 Å². The minimum Gasteiger partial charge on any atom is -0.497 e. The summed E-state index contributed by atoms with van der Waals surface area (Å²) in [5, 5.41) is 2.86. The van der Waals surface area contributed by atoms with Gasteiger partial charge in [-0.1, -0.05) is 0 Å². The first-order chi connectivity index (χ1) is 15.1. The lowest BCUT2D eigenvalue weighted by Gasteiger charge is -2.16. The average molecular weight is 418 g/mol. The van der Waals surface area contributed by atoms with Gasteiger partial charge in [-0.15, -0.1) is 0 Å². The molecule has 0 spiro atoms. The van der Waals surface area contributed by atoms with Crippen molar-refractivity contribution in [1.29, 1.82) is 0 Å². The molecule has 1 N–H and O–H groups in total. The van der Waals surface area contributed by atoms with E-state index in [4.69, 9.17) is 13.9 Å².